The first kappa shape index (κ1) is 13.1. The Hall–Kier alpha value is -1.35. The fourth-order valence-electron chi connectivity index (χ4n) is 1.73. The molecule has 2 aromatic rings. The molecule has 0 aromatic heterocycles. The summed E-state index contributed by atoms with van der Waals surface area (Å²) in [7, 11) is 0. The highest BCUT2D eigenvalue weighted by Crippen LogP contribution is 2.21. The van der Waals surface area contributed by atoms with Crippen molar-refractivity contribution >= 4 is 15.9 Å². The predicted octanol–water partition coefficient (Wildman–Crippen LogP) is 4.73. The molecule has 0 bridgehead atoms. The molecule has 0 unspecified atom stereocenters. The molecule has 0 atom stereocenters. The zero-order valence-electron chi connectivity index (χ0n) is 10.1. The van der Waals surface area contributed by atoms with Crippen LogP contribution in [0.15, 0.2) is 46.9 Å². The van der Waals surface area contributed by atoms with Gasteiger partial charge in [-0.05, 0) is 51.7 Å². The normalized spacial score (nSPS) is 10.4. The molecular weight excluding hydrogens is 295 g/mol. The minimum Gasteiger partial charge on any atom is -0.489 e. The highest BCUT2D eigenvalue weighted by molar-refractivity contribution is 9.10. The van der Waals surface area contributed by atoms with Gasteiger partial charge in [0.15, 0.2) is 0 Å². The summed E-state index contributed by atoms with van der Waals surface area (Å²) in [4.78, 5) is 0. The van der Waals surface area contributed by atoms with Gasteiger partial charge in [0.25, 0.3) is 0 Å². The van der Waals surface area contributed by atoms with Crippen molar-refractivity contribution in [1.82, 2.24) is 0 Å². The molecule has 1 nitrogen and oxygen atoms in total. The Balaban J connectivity index is 2.09. The van der Waals surface area contributed by atoms with Crippen LogP contribution >= 0.6 is 15.9 Å². The Morgan fingerprint density at radius 1 is 1.17 bits per heavy atom. The largest absolute Gasteiger partial charge is 0.489 e. The van der Waals surface area contributed by atoms with Crippen LogP contribution in [0.25, 0.3) is 0 Å². The van der Waals surface area contributed by atoms with E-state index in [4.69, 9.17) is 4.74 Å². The first-order valence-corrected chi connectivity index (χ1v) is 6.64. The molecule has 0 amide bonds. The molecule has 0 aliphatic carbocycles. The van der Waals surface area contributed by atoms with Crippen LogP contribution in [-0.4, -0.2) is 0 Å². The second-order valence-electron chi connectivity index (χ2n) is 4.00. The molecule has 0 heterocycles. The molecule has 94 valence electrons. The molecular formula is C15H14BrFO. The SMILES string of the molecule is CCc1ccccc1OCc1ccc(F)c(Br)c1. The Labute approximate surface area is 115 Å². The summed E-state index contributed by atoms with van der Waals surface area (Å²) in [5, 5.41) is 0. The van der Waals surface area contributed by atoms with Crippen molar-refractivity contribution < 1.29 is 9.13 Å². The third kappa shape index (κ3) is 3.10. The van der Waals surface area contributed by atoms with E-state index in [-0.39, 0.29) is 5.82 Å². The molecule has 0 radical (unpaired) electrons. The van der Waals surface area contributed by atoms with E-state index in [0.717, 1.165) is 17.7 Å². The monoisotopic (exact) mass is 308 g/mol. The quantitative estimate of drug-likeness (QED) is 0.793. The van der Waals surface area contributed by atoms with Gasteiger partial charge in [0.05, 0.1) is 4.47 Å². The predicted molar refractivity (Wildman–Crippen MR) is 74.3 cm³/mol. The van der Waals surface area contributed by atoms with E-state index in [1.165, 1.54) is 11.6 Å². The summed E-state index contributed by atoms with van der Waals surface area (Å²) < 4.78 is 19.3. The van der Waals surface area contributed by atoms with E-state index in [9.17, 15) is 4.39 Å². The highest BCUT2D eigenvalue weighted by Gasteiger charge is 2.03. The summed E-state index contributed by atoms with van der Waals surface area (Å²) in [6, 6.07) is 12.9. The summed E-state index contributed by atoms with van der Waals surface area (Å²) in [5.74, 6) is 0.633. The van der Waals surface area contributed by atoms with Crippen LogP contribution in [0.3, 0.4) is 0 Å². The van der Waals surface area contributed by atoms with E-state index in [1.807, 2.05) is 18.2 Å². The van der Waals surface area contributed by atoms with Gasteiger partial charge in [-0.15, -0.1) is 0 Å². The molecule has 18 heavy (non-hydrogen) atoms. The Bertz CT molecular complexity index is 540. The van der Waals surface area contributed by atoms with Crippen LogP contribution in [0.5, 0.6) is 5.75 Å². The number of halogens is 2. The number of para-hydroxylation sites is 1. The van der Waals surface area contributed by atoms with Crippen LogP contribution in [0.4, 0.5) is 4.39 Å². The van der Waals surface area contributed by atoms with Crippen LogP contribution in [0, 0.1) is 5.82 Å². The lowest BCUT2D eigenvalue weighted by molar-refractivity contribution is 0.303. The summed E-state index contributed by atoms with van der Waals surface area (Å²) in [5.41, 5.74) is 2.12. The van der Waals surface area contributed by atoms with Gasteiger partial charge in [0.2, 0.25) is 0 Å². The average molecular weight is 309 g/mol. The maximum Gasteiger partial charge on any atom is 0.137 e. The summed E-state index contributed by atoms with van der Waals surface area (Å²) >= 11 is 3.17. The molecule has 0 aliphatic rings. The van der Waals surface area contributed by atoms with Crippen molar-refractivity contribution in [1.29, 1.82) is 0 Å². The smallest absolute Gasteiger partial charge is 0.137 e. The second-order valence-corrected chi connectivity index (χ2v) is 4.85. The van der Waals surface area contributed by atoms with Crippen molar-refractivity contribution in [2.75, 3.05) is 0 Å². The molecule has 3 heteroatoms. The lowest BCUT2D eigenvalue weighted by Gasteiger charge is -2.10. The maximum atomic E-state index is 13.1. The first-order valence-electron chi connectivity index (χ1n) is 5.85. The maximum absolute atomic E-state index is 13.1. The Morgan fingerprint density at radius 2 is 1.94 bits per heavy atom. The number of rotatable bonds is 4. The summed E-state index contributed by atoms with van der Waals surface area (Å²) in [6.45, 7) is 2.53. The molecule has 2 rings (SSSR count). The zero-order chi connectivity index (χ0) is 13.0. The van der Waals surface area contributed by atoms with Crippen molar-refractivity contribution in [2.45, 2.75) is 20.0 Å². The van der Waals surface area contributed by atoms with Gasteiger partial charge in [-0.1, -0.05) is 31.2 Å². The Morgan fingerprint density at radius 3 is 2.67 bits per heavy atom. The van der Waals surface area contributed by atoms with E-state index in [1.54, 1.807) is 12.1 Å². The number of hydrogen-bond acceptors (Lipinski definition) is 1. The van der Waals surface area contributed by atoms with E-state index >= 15 is 0 Å². The molecule has 0 aliphatic heterocycles. The average Bonchev–Trinajstić information content (AvgIpc) is 2.40. The minimum atomic E-state index is -0.257. The van der Waals surface area contributed by atoms with Crippen LogP contribution in [0.1, 0.15) is 18.1 Å². The van der Waals surface area contributed by atoms with E-state index < -0.39 is 0 Å². The standard InChI is InChI=1S/C15H14BrFO/c1-2-12-5-3-4-6-15(12)18-10-11-7-8-14(17)13(16)9-11/h3-9H,2,10H2,1H3. The number of benzene rings is 2. The van der Waals surface area contributed by atoms with Gasteiger partial charge in [-0.25, -0.2) is 4.39 Å². The lowest BCUT2D eigenvalue weighted by Crippen LogP contribution is -1.98. The van der Waals surface area contributed by atoms with E-state index in [0.29, 0.717) is 11.1 Å². The van der Waals surface area contributed by atoms with Crippen molar-refractivity contribution in [3.05, 3.63) is 63.9 Å². The molecule has 0 spiro atoms. The fourth-order valence-corrected chi connectivity index (χ4v) is 2.15. The van der Waals surface area contributed by atoms with Gasteiger partial charge in [-0.2, -0.15) is 0 Å². The lowest BCUT2D eigenvalue weighted by atomic mass is 10.1. The molecule has 0 fully saturated rings. The van der Waals surface area contributed by atoms with Crippen LogP contribution in [0.2, 0.25) is 0 Å². The molecule has 0 N–H and O–H groups in total. The zero-order valence-corrected chi connectivity index (χ0v) is 11.7. The Kier molecular flexibility index (Phi) is 4.37. The molecule has 0 saturated heterocycles. The van der Waals surface area contributed by atoms with Gasteiger partial charge >= 0.3 is 0 Å². The minimum absolute atomic E-state index is 0.257. The van der Waals surface area contributed by atoms with Crippen molar-refractivity contribution in [3.63, 3.8) is 0 Å². The third-order valence-electron chi connectivity index (χ3n) is 2.73. The van der Waals surface area contributed by atoms with Gasteiger partial charge in [0.1, 0.15) is 18.2 Å². The number of aryl methyl sites for hydroxylation is 1. The van der Waals surface area contributed by atoms with Gasteiger partial charge in [0, 0.05) is 0 Å². The van der Waals surface area contributed by atoms with Crippen molar-refractivity contribution in [3.8, 4) is 5.75 Å². The summed E-state index contributed by atoms with van der Waals surface area (Å²) in [6.07, 6.45) is 0.934. The number of hydrogen-bond donors (Lipinski definition) is 0. The van der Waals surface area contributed by atoms with Crippen molar-refractivity contribution in [2.24, 2.45) is 0 Å². The van der Waals surface area contributed by atoms with Crippen LogP contribution < -0.4 is 4.74 Å². The van der Waals surface area contributed by atoms with E-state index in [2.05, 4.69) is 28.9 Å². The second kappa shape index (κ2) is 6.01. The first-order chi connectivity index (χ1) is 8.70. The van der Waals surface area contributed by atoms with Crippen LogP contribution in [-0.2, 0) is 13.0 Å². The van der Waals surface area contributed by atoms with Gasteiger partial charge < -0.3 is 4.74 Å². The number of ether oxygens (including phenoxy) is 1. The highest BCUT2D eigenvalue weighted by atomic mass is 79.9. The third-order valence-corrected chi connectivity index (χ3v) is 3.34. The fraction of sp³-hybridized carbons (Fsp3) is 0.200. The molecule has 2 aromatic carbocycles. The topological polar surface area (TPSA) is 9.23 Å². The van der Waals surface area contributed by atoms with Gasteiger partial charge in [-0.3, -0.25) is 0 Å². The molecule has 0 saturated carbocycles.